The van der Waals surface area contributed by atoms with E-state index in [1.165, 1.54) is 35.8 Å². The minimum absolute atomic E-state index is 0.0599. The molecule has 0 saturated heterocycles. The summed E-state index contributed by atoms with van der Waals surface area (Å²) in [5.41, 5.74) is 0.992. The summed E-state index contributed by atoms with van der Waals surface area (Å²) in [7, 11) is 0. The minimum Gasteiger partial charge on any atom is -0.506 e. The van der Waals surface area contributed by atoms with Gasteiger partial charge in [-0.25, -0.2) is 4.98 Å². The lowest BCUT2D eigenvalue weighted by molar-refractivity contribution is 0.0950. The van der Waals surface area contributed by atoms with Gasteiger partial charge in [-0.2, -0.15) is 0 Å². The molecule has 22 heavy (non-hydrogen) atoms. The van der Waals surface area contributed by atoms with Crippen LogP contribution in [0.5, 0.6) is 5.75 Å². The summed E-state index contributed by atoms with van der Waals surface area (Å²) in [5.74, 6) is 0.171. The molecule has 0 aliphatic rings. The predicted octanol–water partition coefficient (Wildman–Crippen LogP) is 3.69. The number of hydrogen-bond donors (Lipinski definition) is 2. The molecule has 0 spiro atoms. The van der Waals surface area contributed by atoms with E-state index in [-0.39, 0.29) is 23.2 Å². The van der Waals surface area contributed by atoms with E-state index in [0.29, 0.717) is 17.1 Å². The van der Waals surface area contributed by atoms with Crippen LogP contribution in [0.4, 0.5) is 0 Å². The zero-order chi connectivity index (χ0) is 15.5. The van der Waals surface area contributed by atoms with Crippen LogP contribution in [0.25, 0.3) is 10.8 Å². The van der Waals surface area contributed by atoms with Gasteiger partial charge >= 0.3 is 0 Å². The summed E-state index contributed by atoms with van der Waals surface area (Å²) in [6.07, 6.45) is 1.51. The third-order valence-corrected chi connectivity index (χ3v) is 4.08. The van der Waals surface area contributed by atoms with Crippen LogP contribution in [0, 0.1) is 0 Å². The number of benzene rings is 1. The number of rotatable bonds is 4. The van der Waals surface area contributed by atoms with Crippen molar-refractivity contribution >= 4 is 28.8 Å². The first-order valence-electron chi connectivity index (χ1n) is 6.38. The van der Waals surface area contributed by atoms with Gasteiger partial charge in [-0.3, -0.25) is 4.79 Å². The zero-order valence-corrected chi connectivity index (χ0v) is 12.8. The van der Waals surface area contributed by atoms with Gasteiger partial charge in [0.15, 0.2) is 0 Å². The standard InChI is InChI=1S/C15H11ClN2O3S/c16-11-6-9(3-4-12(11)19)14(20)17-7-10-8-21-15(18-10)13-2-1-5-22-13/h1-6,8,19H,7H2,(H,17,20). The van der Waals surface area contributed by atoms with Crippen molar-refractivity contribution in [1.29, 1.82) is 0 Å². The SMILES string of the molecule is O=C(NCc1coc(-c2cccs2)n1)c1ccc(O)c(Cl)c1. The number of carbonyl (C=O) groups excluding carboxylic acids is 1. The third-order valence-electron chi connectivity index (χ3n) is 2.92. The molecule has 0 bridgehead atoms. The lowest BCUT2D eigenvalue weighted by Crippen LogP contribution is -2.22. The number of thiophene rings is 1. The Kier molecular flexibility index (Phi) is 4.13. The molecule has 0 aliphatic heterocycles. The number of amides is 1. The quantitative estimate of drug-likeness (QED) is 0.763. The molecular formula is C15H11ClN2O3S. The molecule has 0 saturated carbocycles. The van der Waals surface area contributed by atoms with Gasteiger partial charge in [0.25, 0.3) is 5.91 Å². The Morgan fingerprint density at radius 3 is 3.00 bits per heavy atom. The molecular weight excluding hydrogens is 324 g/mol. The predicted molar refractivity (Wildman–Crippen MR) is 84.1 cm³/mol. The third kappa shape index (κ3) is 3.13. The van der Waals surface area contributed by atoms with E-state index < -0.39 is 0 Å². The Balaban J connectivity index is 1.65. The molecule has 112 valence electrons. The number of oxazole rings is 1. The van der Waals surface area contributed by atoms with Crippen molar-refractivity contribution in [3.05, 3.63) is 58.3 Å². The number of phenolic OH excluding ortho intramolecular Hbond substituents is 1. The highest BCUT2D eigenvalue weighted by Gasteiger charge is 2.11. The Morgan fingerprint density at radius 1 is 1.41 bits per heavy atom. The maximum atomic E-state index is 12.0. The maximum absolute atomic E-state index is 12.0. The normalized spacial score (nSPS) is 10.6. The van der Waals surface area contributed by atoms with Gasteiger partial charge in [0.2, 0.25) is 5.89 Å². The second kappa shape index (κ2) is 6.21. The second-order valence-corrected chi connectivity index (χ2v) is 5.83. The number of aromatic nitrogens is 1. The van der Waals surface area contributed by atoms with Gasteiger partial charge in [0.1, 0.15) is 12.0 Å². The van der Waals surface area contributed by atoms with Crippen molar-refractivity contribution in [1.82, 2.24) is 10.3 Å². The molecule has 0 fully saturated rings. The van der Waals surface area contributed by atoms with E-state index in [0.717, 1.165) is 4.88 Å². The molecule has 0 aliphatic carbocycles. The Bertz CT molecular complexity index is 799. The highest BCUT2D eigenvalue weighted by Crippen LogP contribution is 2.24. The van der Waals surface area contributed by atoms with Gasteiger partial charge in [-0.05, 0) is 29.6 Å². The summed E-state index contributed by atoms with van der Waals surface area (Å²) in [4.78, 5) is 17.3. The van der Waals surface area contributed by atoms with Crippen LogP contribution in [0.1, 0.15) is 16.1 Å². The average Bonchev–Trinajstić information content (AvgIpc) is 3.18. The molecule has 3 rings (SSSR count). The van der Waals surface area contributed by atoms with E-state index >= 15 is 0 Å². The molecule has 2 N–H and O–H groups in total. The fourth-order valence-electron chi connectivity index (χ4n) is 1.82. The van der Waals surface area contributed by atoms with Crippen molar-refractivity contribution < 1.29 is 14.3 Å². The number of aromatic hydroxyl groups is 1. The van der Waals surface area contributed by atoms with Gasteiger partial charge < -0.3 is 14.8 Å². The summed E-state index contributed by atoms with van der Waals surface area (Å²) in [6, 6.07) is 8.11. The van der Waals surface area contributed by atoms with Crippen LogP contribution in [-0.2, 0) is 6.54 Å². The molecule has 3 aromatic rings. The smallest absolute Gasteiger partial charge is 0.251 e. The topological polar surface area (TPSA) is 75.4 Å². The highest BCUT2D eigenvalue weighted by atomic mass is 35.5. The van der Waals surface area contributed by atoms with Crippen LogP contribution >= 0.6 is 22.9 Å². The zero-order valence-electron chi connectivity index (χ0n) is 11.2. The van der Waals surface area contributed by atoms with Crippen molar-refractivity contribution in [3.63, 3.8) is 0 Å². The first kappa shape index (κ1) is 14.6. The van der Waals surface area contributed by atoms with Crippen molar-refractivity contribution in [3.8, 4) is 16.5 Å². The monoisotopic (exact) mass is 334 g/mol. The Morgan fingerprint density at radius 2 is 2.27 bits per heavy atom. The number of nitrogens with one attached hydrogen (secondary N) is 1. The number of hydrogen-bond acceptors (Lipinski definition) is 5. The van der Waals surface area contributed by atoms with Gasteiger partial charge in [-0.15, -0.1) is 11.3 Å². The van der Waals surface area contributed by atoms with Crippen LogP contribution in [0.3, 0.4) is 0 Å². The Hall–Kier alpha value is -2.31. The van der Waals surface area contributed by atoms with Gasteiger partial charge in [0.05, 0.1) is 22.1 Å². The van der Waals surface area contributed by atoms with Crippen molar-refractivity contribution in [2.24, 2.45) is 0 Å². The summed E-state index contributed by atoms with van der Waals surface area (Å²) in [5, 5.41) is 14.1. The summed E-state index contributed by atoms with van der Waals surface area (Å²) in [6.45, 7) is 0.242. The first-order valence-corrected chi connectivity index (χ1v) is 7.64. The second-order valence-electron chi connectivity index (χ2n) is 4.47. The number of phenols is 1. The van der Waals surface area contributed by atoms with Crippen LogP contribution in [0.2, 0.25) is 5.02 Å². The molecule has 2 heterocycles. The van der Waals surface area contributed by atoms with Gasteiger partial charge in [0, 0.05) is 5.56 Å². The van der Waals surface area contributed by atoms with Gasteiger partial charge in [-0.1, -0.05) is 17.7 Å². The largest absolute Gasteiger partial charge is 0.506 e. The average molecular weight is 335 g/mol. The number of nitrogens with zero attached hydrogens (tertiary/aromatic N) is 1. The minimum atomic E-state index is -0.303. The molecule has 7 heteroatoms. The molecule has 0 atom stereocenters. The Labute approximate surface area is 135 Å². The lowest BCUT2D eigenvalue weighted by atomic mass is 10.2. The van der Waals surface area contributed by atoms with Crippen LogP contribution in [0.15, 0.2) is 46.4 Å². The van der Waals surface area contributed by atoms with Crippen LogP contribution in [-0.4, -0.2) is 16.0 Å². The van der Waals surface area contributed by atoms with E-state index in [1.807, 2.05) is 17.5 Å². The molecule has 2 aromatic heterocycles. The fourth-order valence-corrected chi connectivity index (χ4v) is 2.66. The van der Waals surface area contributed by atoms with E-state index in [2.05, 4.69) is 10.3 Å². The molecule has 0 radical (unpaired) electrons. The lowest BCUT2D eigenvalue weighted by Gasteiger charge is -2.04. The molecule has 1 aromatic carbocycles. The van der Waals surface area contributed by atoms with E-state index in [4.69, 9.17) is 16.0 Å². The van der Waals surface area contributed by atoms with E-state index in [1.54, 1.807) is 0 Å². The highest BCUT2D eigenvalue weighted by molar-refractivity contribution is 7.13. The molecule has 0 unspecified atom stereocenters. The number of carbonyl (C=O) groups is 1. The molecule has 1 amide bonds. The molecule has 5 nitrogen and oxygen atoms in total. The summed E-state index contributed by atoms with van der Waals surface area (Å²) < 4.78 is 5.38. The fraction of sp³-hybridized carbons (Fsp3) is 0.0667. The van der Waals surface area contributed by atoms with Crippen molar-refractivity contribution in [2.45, 2.75) is 6.54 Å². The van der Waals surface area contributed by atoms with E-state index in [9.17, 15) is 9.90 Å². The van der Waals surface area contributed by atoms with Crippen LogP contribution < -0.4 is 5.32 Å². The maximum Gasteiger partial charge on any atom is 0.251 e. The first-order chi connectivity index (χ1) is 10.6. The van der Waals surface area contributed by atoms with Crippen molar-refractivity contribution in [2.75, 3.05) is 0 Å². The summed E-state index contributed by atoms with van der Waals surface area (Å²) >= 11 is 7.31. The number of halogens is 1.